The third kappa shape index (κ3) is 7.70. The van der Waals surface area contributed by atoms with E-state index in [0.717, 1.165) is 32.0 Å². The van der Waals surface area contributed by atoms with E-state index in [-0.39, 0.29) is 24.0 Å². The van der Waals surface area contributed by atoms with Gasteiger partial charge in [-0.3, -0.25) is 4.99 Å². The Morgan fingerprint density at radius 2 is 2.25 bits per heavy atom. The van der Waals surface area contributed by atoms with E-state index in [9.17, 15) is 0 Å². The summed E-state index contributed by atoms with van der Waals surface area (Å²) in [4.78, 5) is 8.83. The summed E-state index contributed by atoms with van der Waals surface area (Å²) in [7, 11) is 0. The van der Waals surface area contributed by atoms with Gasteiger partial charge in [-0.1, -0.05) is 6.07 Å². The number of nitrogens with one attached hydrogen (secondary N) is 2. The van der Waals surface area contributed by atoms with E-state index in [4.69, 9.17) is 4.99 Å². The molecule has 1 aliphatic heterocycles. The van der Waals surface area contributed by atoms with Crippen LogP contribution in [0.5, 0.6) is 0 Å². The summed E-state index contributed by atoms with van der Waals surface area (Å²) in [6.45, 7) is 11.9. The smallest absolute Gasteiger partial charge is 0.191 e. The Morgan fingerprint density at radius 1 is 1.42 bits per heavy atom. The number of rotatable bonds is 7. The minimum Gasteiger partial charge on any atom is -0.357 e. The lowest BCUT2D eigenvalue weighted by Crippen LogP contribution is -2.42. The van der Waals surface area contributed by atoms with Crippen molar-refractivity contribution < 1.29 is 0 Å². The number of aliphatic imine (C=N–C) groups is 1. The fourth-order valence-corrected chi connectivity index (χ4v) is 3.75. The Kier molecular flexibility index (Phi) is 10.9. The molecule has 6 heteroatoms. The highest BCUT2D eigenvalue weighted by Crippen LogP contribution is 2.18. The number of nitrogens with zero attached hydrogens (tertiary/aromatic N) is 2. The predicted octanol–water partition coefficient (Wildman–Crippen LogP) is 3.58. The molecule has 0 radical (unpaired) electrons. The molecule has 2 N–H and O–H groups in total. The Hall–Kier alpha value is -0.340. The zero-order chi connectivity index (χ0) is 16.5. The molecule has 1 aromatic rings. The molecule has 1 unspecified atom stereocenters. The normalized spacial score (nSPS) is 19.2. The van der Waals surface area contributed by atoms with Crippen molar-refractivity contribution in [3.63, 3.8) is 0 Å². The van der Waals surface area contributed by atoms with Crippen LogP contribution in [0, 0.1) is 5.92 Å². The molecular weight excluding hydrogens is 431 g/mol. The van der Waals surface area contributed by atoms with Crippen LogP contribution in [0.25, 0.3) is 0 Å². The summed E-state index contributed by atoms with van der Waals surface area (Å²) in [5, 5.41) is 8.97. The molecule has 0 bridgehead atoms. The van der Waals surface area contributed by atoms with Crippen molar-refractivity contribution in [1.82, 2.24) is 15.5 Å². The number of piperidine rings is 1. The first-order valence-electron chi connectivity index (χ1n) is 8.97. The van der Waals surface area contributed by atoms with Gasteiger partial charge in [0.2, 0.25) is 0 Å². The molecule has 2 heterocycles. The lowest BCUT2D eigenvalue weighted by atomic mass is 9.97. The minimum atomic E-state index is 0. The summed E-state index contributed by atoms with van der Waals surface area (Å²) in [6.07, 6.45) is 3.68. The number of hydrogen-bond donors (Lipinski definition) is 2. The molecule has 0 amide bonds. The standard InChI is InChI=1S/C18H32N4S.HI/c1-4-19-18(20-10-9-17-8-6-12-23-17)21-13-16-7-5-11-22(14-16)15(2)3;/h6,8,12,15-16H,4-5,7,9-11,13-14H2,1-3H3,(H2,19,20,21);1H. The van der Waals surface area contributed by atoms with Crippen LogP contribution in [-0.2, 0) is 6.42 Å². The van der Waals surface area contributed by atoms with Crippen LogP contribution in [0.2, 0.25) is 0 Å². The molecule has 4 nitrogen and oxygen atoms in total. The Bertz CT molecular complexity index is 462. The van der Waals surface area contributed by atoms with E-state index in [0.29, 0.717) is 12.0 Å². The van der Waals surface area contributed by atoms with E-state index in [2.05, 4.69) is 53.8 Å². The van der Waals surface area contributed by atoms with Crippen molar-refractivity contribution in [2.24, 2.45) is 10.9 Å². The Morgan fingerprint density at radius 3 is 2.92 bits per heavy atom. The van der Waals surface area contributed by atoms with Gasteiger partial charge in [0.25, 0.3) is 0 Å². The Balaban J connectivity index is 0.00000288. The van der Waals surface area contributed by atoms with Crippen molar-refractivity contribution in [3.8, 4) is 0 Å². The van der Waals surface area contributed by atoms with Crippen LogP contribution in [0.15, 0.2) is 22.5 Å². The van der Waals surface area contributed by atoms with Gasteiger partial charge in [-0.2, -0.15) is 0 Å². The highest BCUT2D eigenvalue weighted by molar-refractivity contribution is 14.0. The maximum absolute atomic E-state index is 4.82. The number of halogens is 1. The summed E-state index contributed by atoms with van der Waals surface area (Å²) in [5.41, 5.74) is 0. The van der Waals surface area contributed by atoms with Crippen molar-refractivity contribution >= 4 is 41.3 Å². The highest BCUT2D eigenvalue weighted by atomic mass is 127. The number of likely N-dealkylation sites (tertiary alicyclic amines) is 1. The van der Waals surface area contributed by atoms with Crippen LogP contribution in [0.1, 0.15) is 38.5 Å². The summed E-state index contributed by atoms with van der Waals surface area (Å²) in [6, 6.07) is 4.96. The lowest BCUT2D eigenvalue weighted by Gasteiger charge is -2.34. The van der Waals surface area contributed by atoms with E-state index in [1.54, 1.807) is 0 Å². The van der Waals surface area contributed by atoms with Gasteiger partial charge in [0.05, 0.1) is 0 Å². The van der Waals surface area contributed by atoms with Gasteiger partial charge in [0, 0.05) is 37.1 Å². The van der Waals surface area contributed by atoms with Crippen molar-refractivity contribution in [2.45, 2.75) is 46.1 Å². The molecule has 1 aliphatic rings. The van der Waals surface area contributed by atoms with Crippen LogP contribution in [0.4, 0.5) is 0 Å². The summed E-state index contributed by atoms with van der Waals surface area (Å²) in [5.74, 6) is 1.66. The third-order valence-electron chi connectivity index (χ3n) is 4.38. The predicted molar refractivity (Wildman–Crippen MR) is 117 cm³/mol. The first kappa shape index (κ1) is 21.7. The van der Waals surface area contributed by atoms with Gasteiger partial charge < -0.3 is 15.5 Å². The molecule has 0 aliphatic carbocycles. The van der Waals surface area contributed by atoms with E-state index in [1.165, 1.54) is 30.8 Å². The van der Waals surface area contributed by atoms with E-state index >= 15 is 0 Å². The van der Waals surface area contributed by atoms with Gasteiger partial charge in [-0.25, -0.2) is 0 Å². The third-order valence-corrected chi connectivity index (χ3v) is 5.31. The largest absolute Gasteiger partial charge is 0.357 e. The van der Waals surface area contributed by atoms with Gasteiger partial charge >= 0.3 is 0 Å². The quantitative estimate of drug-likeness (QED) is 0.368. The maximum atomic E-state index is 4.82. The molecule has 0 saturated carbocycles. The molecule has 0 aromatic carbocycles. The number of hydrogen-bond acceptors (Lipinski definition) is 3. The highest BCUT2D eigenvalue weighted by Gasteiger charge is 2.21. The summed E-state index contributed by atoms with van der Waals surface area (Å²) >= 11 is 1.82. The second-order valence-electron chi connectivity index (χ2n) is 6.57. The molecule has 1 saturated heterocycles. The first-order valence-corrected chi connectivity index (χ1v) is 9.85. The lowest BCUT2D eigenvalue weighted by molar-refractivity contribution is 0.143. The van der Waals surface area contributed by atoms with E-state index in [1.807, 2.05) is 11.3 Å². The molecule has 138 valence electrons. The molecule has 1 atom stereocenters. The second-order valence-corrected chi connectivity index (χ2v) is 7.60. The fraction of sp³-hybridized carbons (Fsp3) is 0.722. The molecule has 24 heavy (non-hydrogen) atoms. The van der Waals surface area contributed by atoms with E-state index < -0.39 is 0 Å². The minimum absolute atomic E-state index is 0. The number of guanidine groups is 1. The molecular formula is C18H33IN4S. The average Bonchev–Trinajstić information content (AvgIpc) is 3.06. The van der Waals surface area contributed by atoms with Crippen LogP contribution >= 0.6 is 35.3 Å². The second kappa shape index (κ2) is 12.1. The van der Waals surface area contributed by atoms with Gasteiger partial charge in [0.15, 0.2) is 5.96 Å². The average molecular weight is 464 g/mol. The molecule has 1 fully saturated rings. The zero-order valence-electron chi connectivity index (χ0n) is 15.3. The monoisotopic (exact) mass is 464 g/mol. The molecule has 0 spiro atoms. The van der Waals surface area contributed by atoms with Crippen LogP contribution in [0.3, 0.4) is 0 Å². The van der Waals surface area contributed by atoms with Gasteiger partial charge in [0.1, 0.15) is 0 Å². The zero-order valence-corrected chi connectivity index (χ0v) is 18.4. The van der Waals surface area contributed by atoms with Crippen molar-refractivity contribution in [2.75, 3.05) is 32.7 Å². The Labute approximate surface area is 168 Å². The van der Waals surface area contributed by atoms with Crippen LogP contribution in [-0.4, -0.2) is 49.6 Å². The van der Waals surface area contributed by atoms with Gasteiger partial charge in [-0.15, -0.1) is 35.3 Å². The molecule has 1 aromatic heterocycles. The van der Waals surface area contributed by atoms with Gasteiger partial charge in [-0.05, 0) is 63.9 Å². The fourth-order valence-electron chi connectivity index (χ4n) is 3.04. The van der Waals surface area contributed by atoms with Crippen LogP contribution < -0.4 is 10.6 Å². The number of thiophene rings is 1. The topological polar surface area (TPSA) is 39.7 Å². The summed E-state index contributed by atoms with van der Waals surface area (Å²) < 4.78 is 0. The van der Waals surface area contributed by atoms with Crippen molar-refractivity contribution in [3.05, 3.63) is 22.4 Å². The maximum Gasteiger partial charge on any atom is 0.191 e. The van der Waals surface area contributed by atoms with Crippen molar-refractivity contribution in [1.29, 1.82) is 0 Å². The molecule has 2 rings (SSSR count). The first-order chi connectivity index (χ1) is 11.2. The SMILES string of the molecule is CCNC(=NCC1CCCN(C(C)C)C1)NCCc1cccs1.I.